The molecule has 0 atom stereocenters. The number of carbonyl (C=O) groups is 1. The molecule has 0 spiro atoms. The van der Waals surface area contributed by atoms with E-state index in [0.29, 0.717) is 0 Å². The Balaban J connectivity index is 0.000000282. The second kappa shape index (κ2) is 14.9. The molecule has 4 aromatic rings. The van der Waals surface area contributed by atoms with E-state index >= 15 is 0 Å². The minimum atomic E-state index is 0. The first-order valence-electron chi connectivity index (χ1n) is 13.5. The molecule has 207 valence electrons. The number of hydrogen-bond acceptors (Lipinski definition) is 3. The molecule has 1 aliphatic carbocycles. The summed E-state index contributed by atoms with van der Waals surface area (Å²) in [5.41, 5.74) is 4.57. The van der Waals surface area contributed by atoms with E-state index in [1.54, 1.807) is 0 Å². The van der Waals surface area contributed by atoms with Crippen LogP contribution in [0, 0.1) is 17.9 Å². The zero-order chi connectivity index (χ0) is 26.4. The Bertz CT molecular complexity index is 1450. The number of benzene rings is 3. The maximum Gasteiger partial charge on any atom is 0.162 e. The van der Waals surface area contributed by atoms with Gasteiger partial charge in [-0.25, -0.2) is 0 Å². The van der Waals surface area contributed by atoms with E-state index in [-0.39, 0.29) is 50.9 Å². The number of allylic oxidation sites excluding steroid dienone is 2. The van der Waals surface area contributed by atoms with Crippen LogP contribution in [0.2, 0.25) is 0 Å². The number of hydrogen-bond donors (Lipinski definition) is 1. The van der Waals surface area contributed by atoms with Gasteiger partial charge in [-0.15, -0.1) is 29.1 Å². The summed E-state index contributed by atoms with van der Waals surface area (Å²) in [5.74, 6) is 0.547. The molecule has 39 heavy (non-hydrogen) atoms. The van der Waals surface area contributed by atoms with Crippen LogP contribution in [0.1, 0.15) is 71.9 Å². The predicted molar refractivity (Wildman–Crippen MR) is 163 cm³/mol. The predicted octanol–water partition coefficient (Wildman–Crippen LogP) is 9.84. The van der Waals surface area contributed by atoms with Gasteiger partial charge in [0, 0.05) is 44.2 Å². The maximum absolute atomic E-state index is 11.7. The molecule has 1 N–H and O–H groups in total. The van der Waals surface area contributed by atoms with E-state index < -0.39 is 0 Å². The van der Waals surface area contributed by atoms with Gasteiger partial charge in [0.15, 0.2) is 5.78 Å². The molecule has 0 aliphatic heterocycles. The van der Waals surface area contributed by atoms with Crippen LogP contribution in [0.5, 0.6) is 0 Å². The van der Waals surface area contributed by atoms with E-state index in [4.69, 9.17) is 4.98 Å². The molecule has 0 unspecified atom stereocenters. The number of rotatable bonds is 8. The molecule has 0 saturated heterocycles. The summed E-state index contributed by atoms with van der Waals surface area (Å²) in [6, 6.07) is 22.3. The standard InChI is InChI=1S/C21H12N.C13H24O2.CH4.Ir/c1-2-8-17-14(5-1)6-3-9-18(17)21-19-10-4-7-15-11-12-16(13-22-21)20(15)19;1-5-10(6-2)12(14)9-13(15)11(7-3)8-4;;/h1-8,10-13H;9-11,14H,5-8H2,1-4H3;1H4;/q-1;;;. The molecule has 0 saturated carbocycles. The summed E-state index contributed by atoms with van der Waals surface area (Å²) in [6.45, 7) is 8.07. The fourth-order valence-corrected chi connectivity index (χ4v) is 5.14. The van der Waals surface area contributed by atoms with E-state index in [0.717, 1.165) is 36.9 Å². The molecular formula is C35H40IrNO2-. The average Bonchev–Trinajstić information content (AvgIpc) is 3.35. The van der Waals surface area contributed by atoms with E-state index in [2.05, 4.69) is 66.7 Å². The van der Waals surface area contributed by atoms with Crippen molar-refractivity contribution in [3.8, 4) is 11.3 Å². The van der Waals surface area contributed by atoms with Crippen LogP contribution in [0.4, 0.5) is 0 Å². The molecule has 0 amide bonds. The molecule has 0 bridgehead atoms. The van der Waals surface area contributed by atoms with Gasteiger partial charge in [0.2, 0.25) is 0 Å². The van der Waals surface area contributed by atoms with Crippen molar-refractivity contribution in [2.75, 3.05) is 0 Å². The Morgan fingerprint density at radius 3 is 2.21 bits per heavy atom. The van der Waals surface area contributed by atoms with E-state index in [1.807, 2.05) is 40.0 Å². The van der Waals surface area contributed by atoms with Crippen LogP contribution >= 0.6 is 0 Å². The minimum absolute atomic E-state index is 0. The van der Waals surface area contributed by atoms with Crippen LogP contribution < -0.4 is 0 Å². The molecule has 3 nitrogen and oxygen atoms in total. The van der Waals surface area contributed by atoms with Crippen LogP contribution in [-0.2, 0) is 24.9 Å². The van der Waals surface area contributed by atoms with E-state index in [1.165, 1.54) is 38.7 Å². The van der Waals surface area contributed by atoms with Crippen molar-refractivity contribution in [2.24, 2.45) is 11.8 Å². The SMILES string of the molecule is C.CCC(CC)C(=O)C=C(O)C(CC)CC.[Ir].[c-]1ccc2ccccc2c1-c1ncc2c3c(cccc13)C=C2. The number of aliphatic hydroxyl groups is 1. The first kappa shape index (κ1) is 32.1. The van der Waals surface area contributed by atoms with Gasteiger partial charge in [-0.05, 0) is 53.3 Å². The number of nitrogens with zero attached hydrogens (tertiary/aromatic N) is 1. The summed E-state index contributed by atoms with van der Waals surface area (Å²) in [7, 11) is 0. The second-order valence-corrected chi connectivity index (χ2v) is 9.60. The third-order valence-electron chi connectivity index (χ3n) is 7.46. The van der Waals surface area contributed by atoms with Crippen molar-refractivity contribution in [1.82, 2.24) is 4.98 Å². The van der Waals surface area contributed by atoms with Gasteiger partial charge in [-0.3, -0.25) is 4.79 Å². The monoisotopic (exact) mass is 699 g/mol. The first-order chi connectivity index (χ1) is 18.0. The van der Waals surface area contributed by atoms with Crippen molar-refractivity contribution in [2.45, 2.75) is 60.8 Å². The fraction of sp³-hybridized carbons (Fsp3) is 0.314. The number of ketones is 1. The summed E-state index contributed by atoms with van der Waals surface area (Å²) < 4.78 is 0. The number of pyridine rings is 1. The normalized spacial score (nSPS) is 11.8. The summed E-state index contributed by atoms with van der Waals surface area (Å²) in [5, 5.41) is 14.7. The van der Waals surface area contributed by atoms with Crippen molar-refractivity contribution in [3.05, 3.63) is 89.8 Å². The third kappa shape index (κ3) is 6.93. The van der Waals surface area contributed by atoms with Crippen molar-refractivity contribution < 1.29 is 30.0 Å². The van der Waals surface area contributed by atoms with Crippen LogP contribution in [0.15, 0.2) is 72.6 Å². The van der Waals surface area contributed by atoms with Crippen LogP contribution in [-0.4, -0.2) is 15.9 Å². The molecule has 0 fully saturated rings. The molecule has 3 aromatic carbocycles. The van der Waals surface area contributed by atoms with Gasteiger partial charge in [0.1, 0.15) is 0 Å². The fourth-order valence-electron chi connectivity index (χ4n) is 5.14. The quantitative estimate of drug-likeness (QED) is 0.0998. The van der Waals surface area contributed by atoms with Crippen molar-refractivity contribution >= 4 is 39.5 Å². The van der Waals surface area contributed by atoms with Gasteiger partial charge in [-0.1, -0.05) is 95.1 Å². The maximum atomic E-state index is 11.7. The zero-order valence-corrected chi connectivity index (χ0v) is 25.0. The minimum Gasteiger partial charge on any atom is -0.512 e. The van der Waals surface area contributed by atoms with E-state index in [9.17, 15) is 9.90 Å². The van der Waals surface area contributed by atoms with Crippen LogP contribution in [0.3, 0.4) is 0 Å². The Morgan fingerprint density at radius 2 is 1.51 bits per heavy atom. The Hall–Kier alpha value is -3.07. The van der Waals surface area contributed by atoms with Gasteiger partial charge in [-0.2, -0.15) is 0 Å². The van der Waals surface area contributed by atoms with Gasteiger partial charge in [0.25, 0.3) is 0 Å². The summed E-state index contributed by atoms with van der Waals surface area (Å²) >= 11 is 0. The van der Waals surface area contributed by atoms with Crippen LogP contribution in [0.25, 0.3) is 45.0 Å². The number of aliphatic hydroxyl groups excluding tert-OH is 1. The Labute approximate surface area is 247 Å². The largest absolute Gasteiger partial charge is 0.512 e. The molecule has 4 heteroatoms. The summed E-state index contributed by atoms with van der Waals surface area (Å²) in [6.07, 6.45) is 11.2. The topological polar surface area (TPSA) is 50.2 Å². The van der Waals surface area contributed by atoms with Gasteiger partial charge in [0.05, 0.1) is 5.76 Å². The molecular weight excluding hydrogens is 659 g/mol. The smallest absolute Gasteiger partial charge is 0.162 e. The Morgan fingerprint density at radius 1 is 0.872 bits per heavy atom. The number of fused-ring (bicyclic) bond motifs is 1. The molecule has 1 heterocycles. The molecule has 5 rings (SSSR count). The molecule has 1 radical (unpaired) electrons. The van der Waals surface area contributed by atoms with Crippen molar-refractivity contribution in [1.29, 1.82) is 0 Å². The molecule has 1 aromatic heterocycles. The first-order valence-corrected chi connectivity index (χ1v) is 13.5. The zero-order valence-electron chi connectivity index (χ0n) is 22.6. The summed E-state index contributed by atoms with van der Waals surface area (Å²) in [4.78, 5) is 16.5. The Kier molecular flexibility index (Phi) is 12.3. The third-order valence-corrected chi connectivity index (χ3v) is 7.46. The number of aromatic nitrogens is 1. The number of carbonyl (C=O) groups excluding carboxylic acids is 1. The second-order valence-electron chi connectivity index (χ2n) is 9.60. The molecule has 1 aliphatic rings. The van der Waals surface area contributed by atoms with Gasteiger partial charge < -0.3 is 10.1 Å². The van der Waals surface area contributed by atoms with Gasteiger partial charge >= 0.3 is 0 Å². The van der Waals surface area contributed by atoms with Crippen molar-refractivity contribution in [3.63, 3.8) is 0 Å². The average molecular weight is 699 g/mol.